The molecule has 0 aliphatic carbocycles. The summed E-state index contributed by atoms with van der Waals surface area (Å²) in [6.45, 7) is 7.06. The van der Waals surface area contributed by atoms with Crippen molar-refractivity contribution in [1.82, 2.24) is 9.55 Å². The third-order valence-electron chi connectivity index (χ3n) is 5.40. The van der Waals surface area contributed by atoms with E-state index in [1.165, 1.54) is 11.5 Å². The molecule has 2 N–H and O–H groups in total. The molecule has 0 unspecified atom stereocenters. The van der Waals surface area contributed by atoms with Gasteiger partial charge >= 0.3 is 0 Å². The number of carbonyl (C=O) groups is 2. The van der Waals surface area contributed by atoms with Gasteiger partial charge in [-0.25, -0.2) is 4.98 Å². The molecule has 7 heteroatoms. The summed E-state index contributed by atoms with van der Waals surface area (Å²) >= 11 is 0. The molecular formula is C27H26N4O3. The molecule has 0 radical (unpaired) electrons. The molecule has 7 nitrogen and oxygen atoms in total. The number of fused-ring (bicyclic) bond motifs is 1. The number of amides is 2. The molecule has 0 aliphatic heterocycles. The topological polar surface area (TPSA) is 93.1 Å². The quantitative estimate of drug-likeness (QED) is 0.461. The lowest BCUT2D eigenvalue weighted by Crippen LogP contribution is -2.30. The molecule has 0 saturated carbocycles. The van der Waals surface area contributed by atoms with Crippen LogP contribution >= 0.6 is 0 Å². The number of anilines is 2. The summed E-state index contributed by atoms with van der Waals surface area (Å²) in [4.78, 5) is 43.0. The first kappa shape index (κ1) is 22.9. The maximum absolute atomic E-state index is 13.6. The van der Waals surface area contributed by atoms with Crippen LogP contribution in [0.1, 0.15) is 23.6 Å². The first-order chi connectivity index (χ1) is 16.2. The Labute approximate surface area is 197 Å². The Bertz CT molecular complexity index is 1470. The summed E-state index contributed by atoms with van der Waals surface area (Å²) in [6.07, 6.45) is 0. The molecule has 0 spiro atoms. The fraction of sp³-hybridized carbons (Fsp3) is 0.185. The van der Waals surface area contributed by atoms with Gasteiger partial charge < -0.3 is 10.6 Å². The molecule has 0 atom stereocenters. The molecule has 34 heavy (non-hydrogen) atoms. The second-order valence-corrected chi connectivity index (χ2v) is 8.50. The van der Waals surface area contributed by atoms with Crippen molar-refractivity contribution in [3.63, 3.8) is 0 Å². The molecule has 1 aromatic heterocycles. The molecule has 0 fully saturated rings. The fourth-order valence-corrected chi connectivity index (χ4v) is 4.07. The molecule has 4 aromatic rings. The number of rotatable bonds is 5. The SMILES string of the molecule is CC(=O)Nc1ccc(C)cc1-c1nc2ccccc2n(CC(=O)Nc2cc(C)cc(C)c2)c1=O. The maximum atomic E-state index is 13.6. The summed E-state index contributed by atoms with van der Waals surface area (Å²) < 4.78 is 1.43. The third-order valence-corrected chi connectivity index (χ3v) is 5.40. The van der Waals surface area contributed by atoms with Crippen LogP contribution in [0.4, 0.5) is 11.4 Å². The van der Waals surface area contributed by atoms with Gasteiger partial charge in [0.25, 0.3) is 5.56 Å². The Hall–Kier alpha value is -4.26. The standard InChI is InChI=1S/C27H26N4O3/c1-16-9-10-22(28-19(4)32)21(14-16)26-27(34)31(24-8-6-5-7-23(24)30-26)15-25(33)29-20-12-17(2)11-18(3)13-20/h5-14H,15H2,1-4H3,(H,28,32)(H,29,33). The largest absolute Gasteiger partial charge is 0.326 e. The Kier molecular flexibility index (Phi) is 6.27. The minimum atomic E-state index is -0.411. The Balaban J connectivity index is 1.82. The number of aromatic nitrogens is 2. The highest BCUT2D eigenvalue weighted by molar-refractivity contribution is 5.95. The number of carbonyl (C=O) groups excluding carboxylic acids is 2. The van der Waals surface area contributed by atoms with Crippen molar-refractivity contribution in [3.05, 3.63) is 87.7 Å². The van der Waals surface area contributed by atoms with Crippen LogP contribution in [0.2, 0.25) is 0 Å². The average molecular weight is 455 g/mol. The van der Waals surface area contributed by atoms with E-state index in [1.807, 2.05) is 57.2 Å². The van der Waals surface area contributed by atoms with Gasteiger partial charge in [0, 0.05) is 18.2 Å². The summed E-state index contributed by atoms with van der Waals surface area (Å²) in [5.41, 5.74) is 5.56. The van der Waals surface area contributed by atoms with Crippen LogP contribution in [0, 0.1) is 20.8 Å². The lowest BCUT2D eigenvalue weighted by molar-refractivity contribution is -0.117. The number of hydrogen-bond acceptors (Lipinski definition) is 4. The molecule has 0 aliphatic rings. The van der Waals surface area contributed by atoms with Gasteiger partial charge in [-0.05, 0) is 68.3 Å². The number of benzene rings is 3. The second kappa shape index (κ2) is 9.31. The predicted octanol–water partition coefficient (Wildman–Crippen LogP) is 4.59. The smallest absolute Gasteiger partial charge is 0.278 e. The van der Waals surface area contributed by atoms with Crippen molar-refractivity contribution >= 4 is 34.2 Å². The minimum absolute atomic E-state index is 0.172. The van der Waals surface area contributed by atoms with Crippen LogP contribution in [-0.2, 0) is 16.1 Å². The van der Waals surface area contributed by atoms with Gasteiger partial charge in [0.15, 0.2) is 0 Å². The van der Waals surface area contributed by atoms with Gasteiger partial charge in [0.05, 0.1) is 16.7 Å². The third kappa shape index (κ3) is 4.88. The summed E-state index contributed by atoms with van der Waals surface area (Å²) in [6, 6.07) is 18.4. The average Bonchev–Trinajstić information content (AvgIpc) is 2.76. The van der Waals surface area contributed by atoms with E-state index in [0.717, 1.165) is 16.7 Å². The van der Waals surface area contributed by atoms with E-state index in [2.05, 4.69) is 15.6 Å². The van der Waals surface area contributed by atoms with Crippen molar-refractivity contribution in [1.29, 1.82) is 0 Å². The number of hydrogen-bond donors (Lipinski definition) is 2. The molecule has 3 aromatic carbocycles. The molecule has 4 rings (SSSR count). The van der Waals surface area contributed by atoms with Crippen molar-refractivity contribution in [2.24, 2.45) is 0 Å². The predicted molar refractivity (Wildman–Crippen MR) is 135 cm³/mol. The first-order valence-corrected chi connectivity index (χ1v) is 11.0. The number of aryl methyl sites for hydroxylation is 3. The van der Waals surface area contributed by atoms with E-state index in [0.29, 0.717) is 28.0 Å². The van der Waals surface area contributed by atoms with E-state index in [1.54, 1.807) is 24.3 Å². The second-order valence-electron chi connectivity index (χ2n) is 8.50. The Morgan fingerprint density at radius 2 is 1.59 bits per heavy atom. The van der Waals surface area contributed by atoms with Crippen molar-refractivity contribution in [2.75, 3.05) is 10.6 Å². The van der Waals surface area contributed by atoms with Crippen LogP contribution in [0.3, 0.4) is 0 Å². The van der Waals surface area contributed by atoms with Gasteiger partial charge in [-0.15, -0.1) is 0 Å². The highest BCUT2D eigenvalue weighted by Gasteiger charge is 2.18. The molecular weight excluding hydrogens is 428 g/mol. The number of nitrogens with zero attached hydrogens (tertiary/aromatic N) is 2. The minimum Gasteiger partial charge on any atom is -0.326 e. The van der Waals surface area contributed by atoms with Gasteiger partial charge in [-0.1, -0.05) is 29.8 Å². The van der Waals surface area contributed by atoms with E-state index in [-0.39, 0.29) is 24.1 Å². The van der Waals surface area contributed by atoms with Gasteiger partial charge in [0.2, 0.25) is 11.8 Å². The molecule has 2 amide bonds. The van der Waals surface area contributed by atoms with Crippen molar-refractivity contribution in [3.8, 4) is 11.3 Å². The Morgan fingerprint density at radius 1 is 0.882 bits per heavy atom. The van der Waals surface area contributed by atoms with Crippen LogP contribution in [0.15, 0.2) is 65.5 Å². The normalized spacial score (nSPS) is 10.8. The summed E-state index contributed by atoms with van der Waals surface area (Å²) in [5.74, 6) is -0.570. The van der Waals surface area contributed by atoms with Crippen LogP contribution < -0.4 is 16.2 Å². The van der Waals surface area contributed by atoms with E-state index in [4.69, 9.17) is 0 Å². The van der Waals surface area contributed by atoms with E-state index in [9.17, 15) is 14.4 Å². The maximum Gasteiger partial charge on any atom is 0.278 e. The number of nitrogens with one attached hydrogen (secondary N) is 2. The Morgan fingerprint density at radius 3 is 2.29 bits per heavy atom. The zero-order valence-electron chi connectivity index (χ0n) is 19.6. The summed E-state index contributed by atoms with van der Waals surface area (Å²) in [7, 11) is 0. The molecule has 172 valence electrons. The van der Waals surface area contributed by atoms with Crippen LogP contribution in [0.25, 0.3) is 22.3 Å². The van der Waals surface area contributed by atoms with E-state index >= 15 is 0 Å². The van der Waals surface area contributed by atoms with Crippen molar-refractivity contribution < 1.29 is 9.59 Å². The first-order valence-electron chi connectivity index (χ1n) is 11.0. The lowest BCUT2D eigenvalue weighted by atomic mass is 10.1. The zero-order chi connectivity index (χ0) is 24.4. The molecule has 0 bridgehead atoms. The van der Waals surface area contributed by atoms with Gasteiger partial charge in [-0.3, -0.25) is 19.0 Å². The summed E-state index contributed by atoms with van der Waals surface area (Å²) in [5, 5.41) is 5.67. The lowest BCUT2D eigenvalue weighted by Gasteiger charge is -2.15. The molecule has 1 heterocycles. The zero-order valence-corrected chi connectivity index (χ0v) is 19.6. The number of para-hydroxylation sites is 2. The fourth-order valence-electron chi connectivity index (χ4n) is 4.07. The van der Waals surface area contributed by atoms with Crippen LogP contribution in [-0.4, -0.2) is 21.4 Å². The highest BCUT2D eigenvalue weighted by Crippen LogP contribution is 2.27. The van der Waals surface area contributed by atoms with Crippen molar-refractivity contribution in [2.45, 2.75) is 34.2 Å². The van der Waals surface area contributed by atoms with Gasteiger partial charge in [0.1, 0.15) is 12.2 Å². The molecule has 0 saturated heterocycles. The monoisotopic (exact) mass is 454 g/mol. The highest BCUT2D eigenvalue weighted by atomic mass is 16.2. The van der Waals surface area contributed by atoms with Crippen LogP contribution in [0.5, 0.6) is 0 Å². The van der Waals surface area contributed by atoms with E-state index < -0.39 is 5.56 Å². The van der Waals surface area contributed by atoms with Gasteiger partial charge in [-0.2, -0.15) is 0 Å².